The minimum atomic E-state index is -0.607. The summed E-state index contributed by atoms with van der Waals surface area (Å²) in [5.41, 5.74) is 8.88. The van der Waals surface area contributed by atoms with Crippen molar-refractivity contribution in [2.45, 2.75) is 32.7 Å². The zero-order valence-corrected chi connectivity index (χ0v) is 14.5. The summed E-state index contributed by atoms with van der Waals surface area (Å²) in [4.78, 5) is 15.8. The Morgan fingerprint density at radius 3 is 2.48 bits per heavy atom. The molecule has 0 saturated carbocycles. The molecule has 1 amide bonds. The Hall–Kier alpha value is -2.95. The lowest BCUT2D eigenvalue weighted by Gasteiger charge is -2.10. The van der Waals surface area contributed by atoms with E-state index in [1.807, 2.05) is 36.4 Å². The molecule has 3 aromatic rings. The van der Waals surface area contributed by atoms with Gasteiger partial charge >= 0.3 is 0 Å². The molecule has 0 unspecified atom stereocenters. The van der Waals surface area contributed by atoms with Gasteiger partial charge in [0.2, 0.25) is 5.82 Å². The van der Waals surface area contributed by atoms with E-state index in [0.29, 0.717) is 18.9 Å². The molecule has 1 heterocycles. The number of nitrogens with two attached hydrogens (primary N) is 1. The summed E-state index contributed by atoms with van der Waals surface area (Å²) in [6.45, 7) is 4.89. The predicted octanol–water partition coefficient (Wildman–Crippen LogP) is 3.14. The van der Waals surface area contributed by atoms with Gasteiger partial charge in [-0.05, 0) is 22.6 Å². The largest absolute Gasteiger partial charge is 0.363 e. The van der Waals surface area contributed by atoms with Crippen molar-refractivity contribution in [3.63, 3.8) is 0 Å². The second-order valence-corrected chi connectivity index (χ2v) is 6.44. The molecule has 0 spiro atoms. The van der Waals surface area contributed by atoms with E-state index in [1.165, 1.54) is 5.56 Å². The molecular formula is C20H22N4O. The van der Waals surface area contributed by atoms with E-state index in [2.05, 4.69) is 42.1 Å². The summed E-state index contributed by atoms with van der Waals surface area (Å²) in [5.74, 6) is 0.644. The molecule has 25 heavy (non-hydrogen) atoms. The molecule has 1 aromatic heterocycles. The van der Waals surface area contributed by atoms with Crippen LogP contribution in [0.1, 0.15) is 52.9 Å². The van der Waals surface area contributed by atoms with Gasteiger partial charge in [-0.2, -0.15) is 0 Å². The minimum absolute atomic E-state index is 0.0611. The van der Waals surface area contributed by atoms with Crippen LogP contribution in [0.2, 0.25) is 0 Å². The van der Waals surface area contributed by atoms with Gasteiger partial charge in [-0.1, -0.05) is 68.4 Å². The van der Waals surface area contributed by atoms with E-state index in [9.17, 15) is 4.79 Å². The Balaban J connectivity index is 1.91. The van der Waals surface area contributed by atoms with Crippen molar-refractivity contribution in [2.75, 3.05) is 0 Å². The maximum Gasteiger partial charge on any atom is 0.288 e. The molecule has 0 saturated heterocycles. The summed E-state index contributed by atoms with van der Waals surface area (Å²) in [5, 5.41) is 4.31. The summed E-state index contributed by atoms with van der Waals surface area (Å²) < 4.78 is 1.77. The van der Waals surface area contributed by atoms with E-state index in [1.54, 1.807) is 4.68 Å². The highest BCUT2D eigenvalue weighted by Crippen LogP contribution is 2.17. The van der Waals surface area contributed by atoms with Crippen LogP contribution in [-0.2, 0) is 13.0 Å². The maximum atomic E-state index is 11.5. The fraction of sp³-hybridized carbons (Fsp3) is 0.250. The average molecular weight is 334 g/mol. The first-order valence-electron chi connectivity index (χ1n) is 8.39. The van der Waals surface area contributed by atoms with Crippen molar-refractivity contribution >= 4 is 5.91 Å². The SMILES string of the molecule is CC(C)c1cccc(Cn2nc(C(N)=O)nc2Cc2ccccc2)c1. The molecular weight excluding hydrogens is 312 g/mol. The maximum absolute atomic E-state index is 11.5. The van der Waals surface area contributed by atoms with E-state index >= 15 is 0 Å². The normalized spacial score (nSPS) is 11.0. The molecule has 0 atom stereocenters. The Labute approximate surface area is 147 Å². The zero-order chi connectivity index (χ0) is 17.8. The van der Waals surface area contributed by atoms with E-state index in [0.717, 1.165) is 17.0 Å². The van der Waals surface area contributed by atoms with Crippen molar-refractivity contribution in [1.82, 2.24) is 14.8 Å². The van der Waals surface area contributed by atoms with Crippen molar-refractivity contribution in [3.8, 4) is 0 Å². The van der Waals surface area contributed by atoms with Crippen molar-refractivity contribution < 1.29 is 4.79 Å². The number of hydrogen-bond donors (Lipinski definition) is 1. The van der Waals surface area contributed by atoms with E-state index in [-0.39, 0.29) is 5.82 Å². The number of benzene rings is 2. The molecule has 0 fully saturated rings. The second-order valence-electron chi connectivity index (χ2n) is 6.44. The van der Waals surface area contributed by atoms with Gasteiger partial charge in [0.15, 0.2) is 0 Å². The highest BCUT2D eigenvalue weighted by Gasteiger charge is 2.15. The lowest BCUT2D eigenvalue weighted by molar-refractivity contribution is 0.0990. The van der Waals surface area contributed by atoms with Gasteiger partial charge in [-0.15, -0.1) is 5.10 Å². The molecule has 0 aliphatic rings. The highest BCUT2D eigenvalue weighted by molar-refractivity contribution is 5.88. The Bertz CT molecular complexity index is 868. The number of amides is 1. The zero-order valence-electron chi connectivity index (χ0n) is 14.5. The van der Waals surface area contributed by atoms with Crippen LogP contribution in [-0.4, -0.2) is 20.7 Å². The van der Waals surface area contributed by atoms with E-state index in [4.69, 9.17) is 5.73 Å². The topological polar surface area (TPSA) is 73.8 Å². The standard InChI is InChI=1S/C20H22N4O/c1-14(2)17-10-6-9-16(11-17)13-24-18(22-20(23-24)19(21)25)12-15-7-4-3-5-8-15/h3-11,14H,12-13H2,1-2H3,(H2,21,25). The number of primary amides is 1. The van der Waals surface area contributed by atoms with Crippen LogP contribution in [0.3, 0.4) is 0 Å². The van der Waals surface area contributed by atoms with Crippen LogP contribution >= 0.6 is 0 Å². The average Bonchev–Trinajstić information content (AvgIpc) is 2.99. The molecule has 0 aliphatic heterocycles. The van der Waals surface area contributed by atoms with Crippen LogP contribution in [0.5, 0.6) is 0 Å². The van der Waals surface area contributed by atoms with Gasteiger partial charge < -0.3 is 5.73 Å². The lowest BCUT2D eigenvalue weighted by Crippen LogP contribution is -2.14. The van der Waals surface area contributed by atoms with Crippen molar-refractivity contribution in [2.24, 2.45) is 5.73 Å². The van der Waals surface area contributed by atoms with Gasteiger partial charge in [0, 0.05) is 6.42 Å². The monoisotopic (exact) mass is 334 g/mol. The first-order chi connectivity index (χ1) is 12.0. The number of rotatable bonds is 6. The number of carbonyl (C=O) groups excluding carboxylic acids is 1. The van der Waals surface area contributed by atoms with Gasteiger partial charge in [-0.3, -0.25) is 4.79 Å². The fourth-order valence-electron chi connectivity index (χ4n) is 2.74. The molecule has 0 radical (unpaired) electrons. The summed E-state index contributed by atoms with van der Waals surface area (Å²) in [7, 11) is 0. The minimum Gasteiger partial charge on any atom is -0.363 e. The molecule has 2 aromatic carbocycles. The molecule has 2 N–H and O–H groups in total. The van der Waals surface area contributed by atoms with Crippen molar-refractivity contribution in [3.05, 3.63) is 82.9 Å². The highest BCUT2D eigenvalue weighted by atomic mass is 16.1. The third-order valence-electron chi connectivity index (χ3n) is 4.12. The molecule has 0 bridgehead atoms. The fourth-order valence-corrected chi connectivity index (χ4v) is 2.74. The Morgan fingerprint density at radius 2 is 1.80 bits per heavy atom. The van der Waals surface area contributed by atoms with Crippen LogP contribution in [0.4, 0.5) is 0 Å². The second kappa shape index (κ2) is 7.30. The summed E-state index contributed by atoms with van der Waals surface area (Å²) >= 11 is 0. The molecule has 5 heteroatoms. The molecule has 5 nitrogen and oxygen atoms in total. The van der Waals surface area contributed by atoms with Crippen LogP contribution in [0.15, 0.2) is 54.6 Å². The lowest BCUT2D eigenvalue weighted by atomic mass is 10.0. The number of aromatic nitrogens is 3. The third-order valence-corrected chi connectivity index (χ3v) is 4.12. The predicted molar refractivity (Wildman–Crippen MR) is 97.4 cm³/mol. The smallest absolute Gasteiger partial charge is 0.288 e. The molecule has 128 valence electrons. The number of carbonyl (C=O) groups is 1. The van der Waals surface area contributed by atoms with Crippen LogP contribution in [0, 0.1) is 0 Å². The van der Waals surface area contributed by atoms with Gasteiger partial charge in [0.1, 0.15) is 5.82 Å². The Kier molecular flexibility index (Phi) is 4.93. The molecule has 0 aliphatic carbocycles. The molecule has 3 rings (SSSR count). The van der Waals surface area contributed by atoms with Gasteiger partial charge in [0.05, 0.1) is 6.54 Å². The summed E-state index contributed by atoms with van der Waals surface area (Å²) in [6, 6.07) is 18.4. The van der Waals surface area contributed by atoms with Crippen molar-refractivity contribution in [1.29, 1.82) is 0 Å². The third kappa shape index (κ3) is 4.12. The van der Waals surface area contributed by atoms with E-state index < -0.39 is 5.91 Å². The summed E-state index contributed by atoms with van der Waals surface area (Å²) in [6.07, 6.45) is 0.602. The van der Waals surface area contributed by atoms with Gasteiger partial charge in [0.25, 0.3) is 5.91 Å². The first kappa shape index (κ1) is 16.9. The van der Waals surface area contributed by atoms with Crippen LogP contribution in [0.25, 0.3) is 0 Å². The first-order valence-corrected chi connectivity index (χ1v) is 8.39. The number of hydrogen-bond acceptors (Lipinski definition) is 3. The Morgan fingerprint density at radius 1 is 1.08 bits per heavy atom. The van der Waals surface area contributed by atoms with Crippen LogP contribution < -0.4 is 5.73 Å². The quantitative estimate of drug-likeness (QED) is 0.752. The number of nitrogens with zero attached hydrogens (tertiary/aromatic N) is 3. The van der Waals surface area contributed by atoms with Gasteiger partial charge in [-0.25, -0.2) is 9.67 Å².